The Morgan fingerprint density at radius 3 is 2.50 bits per heavy atom. The Kier molecular flexibility index (Phi) is 4.61. The Hall–Kier alpha value is -0.810. The van der Waals surface area contributed by atoms with Crippen LogP contribution in [-0.2, 0) is 4.79 Å². The maximum absolute atomic E-state index is 11.7. The molecule has 1 heterocycles. The molecule has 0 saturated carbocycles. The van der Waals surface area contributed by atoms with Gasteiger partial charge < -0.3 is 10.4 Å². The molecule has 18 heavy (non-hydrogen) atoms. The van der Waals surface area contributed by atoms with Gasteiger partial charge in [0.15, 0.2) is 0 Å². The SMILES string of the molecule is CC(C)(C)[N+]1(C(=O)O)CCC[C@H]1CNC(=O)CCl. The van der Waals surface area contributed by atoms with Crippen molar-refractivity contribution in [3.8, 4) is 0 Å². The second kappa shape index (κ2) is 5.45. The van der Waals surface area contributed by atoms with Crippen LogP contribution in [0.15, 0.2) is 0 Å². The van der Waals surface area contributed by atoms with Gasteiger partial charge in [-0.15, -0.1) is 11.6 Å². The second-order valence-corrected chi connectivity index (χ2v) is 6.05. The number of quaternary nitrogens is 1. The van der Waals surface area contributed by atoms with Gasteiger partial charge in [-0.1, -0.05) is 0 Å². The molecule has 1 fully saturated rings. The third-order valence-corrected chi connectivity index (χ3v) is 4.11. The van der Waals surface area contributed by atoms with Gasteiger partial charge >= 0.3 is 6.09 Å². The van der Waals surface area contributed by atoms with Gasteiger partial charge in [-0.05, 0) is 20.8 Å². The van der Waals surface area contributed by atoms with Crippen LogP contribution in [-0.4, -0.2) is 52.1 Å². The summed E-state index contributed by atoms with van der Waals surface area (Å²) in [6.45, 7) is 6.78. The van der Waals surface area contributed by atoms with Crippen molar-refractivity contribution in [3.05, 3.63) is 0 Å². The van der Waals surface area contributed by atoms with Crippen molar-refractivity contribution >= 4 is 23.6 Å². The standard InChI is InChI=1S/C12H21ClN2O3/c1-12(2,3)15(11(17)18)6-4-5-9(15)8-14-10(16)7-13/h9H,4-8H2,1-3H3,(H-,14,16,17,18)/p+1/t9-,15?/m0/s1. The Balaban J connectivity index is 2.89. The summed E-state index contributed by atoms with van der Waals surface area (Å²) in [5.41, 5.74) is -0.390. The van der Waals surface area contributed by atoms with E-state index in [1.165, 1.54) is 0 Å². The van der Waals surface area contributed by atoms with E-state index in [-0.39, 0.29) is 22.3 Å². The van der Waals surface area contributed by atoms with Gasteiger partial charge in [-0.3, -0.25) is 4.79 Å². The Morgan fingerprint density at radius 2 is 2.06 bits per heavy atom. The molecule has 0 radical (unpaired) electrons. The summed E-state index contributed by atoms with van der Waals surface area (Å²) < 4.78 is 0.00949. The molecule has 0 aromatic carbocycles. The van der Waals surface area contributed by atoms with Crippen molar-refractivity contribution in [3.63, 3.8) is 0 Å². The number of likely N-dealkylation sites (tertiary alicyclic amines) is 1. The lowest BCUT2D eigenvalue weighted by molar-refractivity contribution is -0.913. The molecular weight excluding hydrogens is 256 g/mol. The first-order valence-electron chi connectivity index (χ1n) is 6.19. The van der Waals surface area contributed by atoms with Gasteiger partial charge in [0.2, 0.25) is 5.91 Å². The van der Waals surface area contributed by atoms with Gasteiger partial charge in [0.1, 0.15) is 17.5 Å². The van der Waals surface area contributed by atoms with Crippen LogP contribution in [0, 0.1) is 0 Å². The lowest BCUT2D eigenvalue weighted by atomic mass is 9.99. The molecular formula is C12H22ClN2O3+. The van der Waals surface area contributed by atoms with E-state index in [9.17, 15) is 14.7 Å². The van der Waals surface area contributed by atoms with Crippen molar-refractivity contribution in [2.75, 3.05) is 19.0 Å². The molecule has 0 aliphatic carbocycles. The minimum absolute atomic E-state index is 0.00949. The maximum Gasteiger partial charge on any atom is 0.514 e. The highest BCUT2D eigenvalue weighted by atomic mass is 35.5. The average molecular weight is 278 g/mol. The first-order chi connectivity index (χ1) is 8.25. The molecule has 1 rings (SSSR count). The first kappa shape index (κ1) is 15.2. The Bertz CT molecular complexity index is 341. The molecule has 2 atom stereocenters. The molecule has 1 unspecified atom stereocenters. The molecule has 0 aromatic heterocycles. The summed E-state index contributed by atoms with van der Waals surface area (Å²) in [4.78, 5) is 22.9. The van der Waals surface area contributed by atoms with Crippen molar-refractivity contribution in [1.29, 1.82) is 0 Å². The summed E-state index contributed by atoms with van der Waals surface area (Å²) >= 11 is 5.43. The van der Waals surface area contributed by atoms with Crippen LogP contribution in [0.2, 0.25) is 0 Å². The van der Waals surface area contributed by atoms with E-state index >= 15 is 0 Å². The number of carboxylic acid groups (broad SMARTS) is 1. The highest BCUT2D eigenvalue weighted by Crippen LogP contribution is 2.36. The molecule has 0 bridgehead atoms. The van der Waals surface area contributed by atoms with Crippen LogP contribution in [0.25, 0.3) is 0 Å². The lowest BCUT2D eigenvalue weighted by Gasteiger charge is -2.44. The number of hydrogen-bond acceptors (Lipinski definition) is 2. The minimum atomic E-state index is -0.815. The third kappa shape index (κ3) is 2.62. The van der Waals surface area contributed by atoms with Crippen LogP contribution in [0.5, 0.6) is 0 Å². The topological polar surface area (TPSA) is 66.4 Å². The van der Waals surface area contributed by atoms with E-state index in [1.54, 1.807) is 0 Å². The van der Waals surface area contributed by atoms with E-state index in [4.69, 9.17) is 11.6 Å². The molecule has 6 heteroatoms. The molecule has 1 aliphatic heterocycles. The van der Waals surface area contributed by atoms with Gasteiger partial charge in [0.25, 0.3) is 0 Å². The Labute approximate surface area is 113 Å². The summed E-state index contributed by atoms with van der Waals surface area (Å²) in [6.07, 6.45) is 0.863. The summed E-state index contributed by atoms with van der Waals surface area (Å²) in [6, 6.07) is -0.0883. The van der Waals surface area contributed by atoms with Crippen LogP contribution in [0.3, 0.4) is 0 Å². The number of hydrogen-bond donors (Lipinski definition) is 2. The highest BCUT2D eigenvalue weighted by molar-refractivity contribution is 6.27. The molecule has 1 saturated heterocycles. The summed E-state index contributed by atoms with van der Waals surface area (Å²) in [5, 5.41) is 12.3. The molecule has 2 N–H and O–H groups in total. The summed E-state index contributed by atoms with van der Waals surface area (Å²) in [5.74, 6) is -0.337. The van der Waals surface area contributed by atoms with Gasteiger partial charge in [0.05, 0.1) is 13.1 Å². The number of nitrogens with zero attached hydrogens (tertiary/aromatic N) is 1. The predicted octanol–water partition coefficient (Wildman–Crippen LogP) is 1.80. The minimum Gasteiger partial charge on any atom is -0.435 e. The number of rotatable bonds is 3. The summed E-state index contributed by atoms with van der Waals surface area (Å²) in [7, 11) is 0. The van der Waals surface area contributed by atoms with Gasteiger partial charge in [0, 0.05) is 12.8 Å². The Morgan fingerprint density at radius 1 is 1.44 bits per heavy atom. The number of carbonyl (C=O) groups is 2. The lowest BCUT2D eigenvalue weighted by Crippen LogP contribution is -2.67. The zero-order chi connectivity index (χ0) is 14.0. The van der Waals surface area contributed by atoms with Crippen molar-refractivity contribution in [2.24, 2.45) is 0 Å². The third-order valence-electron chi connectivity index (χ3n) is 3.87. The fraction of sp³-hybridized carbons (Fsp3) is 0.833. The number of nitrogens with one attached hydrogen (secondary N) is 1. The number of carbonyl (C=O) groups excluding carboxylic acids is 1. The fourth-order valence-electron chi connectivity index (χ4n) is 2.94. The van der Waals surface area contributed by atoms with E-state index in [0.717, 1.165) is 12.8 Å². The van der Waals surface area contributed by atoms with E-state index < -0.39 is 11.6 Å². The van der Waals surface area contributed by atoms with E-state index in [2.05, 4.69) is 5.32 Å². The van der Waals surface area contributed by atoms with Crippen molar-refractivity contribution in [2.45, 2.75) is 45.2 Å². The van der Waals surface area contributed by atoms with Gasteiger partial charge in [-0.2, -0.15) is 4.79 Å². The highest BCUT2D eigenvalue weighted by Gasteiger charge is 2.56. The van der Waals surface area contributed by atoms with Crippen LogP contribution in [0.4, 0.5) is 4.79 Å². The van der Waals surface area contributed by atoms with E-state index in [0.29, 0.717) is 13.1 Å². The average Bonchev–Trinajstić information content (AvgIpc) is 2.69. The second-order valence-electron chi connectivity index (χ2n) is 5.78. The van der Waals surface area contributed by atoms with Gasteiger partial charge in [-0.25, -0.2) is 4.48 Å². The number of alkyl halides is 1. The van der Waals surface area contributed by atoms with Crippen molar-refractivity contribution < 1.29 is 19.2 Å². The zero-order valence-electron chi connectivity index (χ0n) is 11.2. The van der Waals surface area contributed by atoms with Crippen LogP contribution < -0.4 is 5.32 Å². The quantitative estimate of drug-likeness (QED) is 0.611. The molecule has 104 valence electrons. The van der Waals surface area contributed by atoms with Crippen LogP contribution in [0.1, 0.15) is 33.6 Å². The van der Waals surface area contributed by atoms with Crippen molar-refractivity contribution in [1.82, 2.24) is 5.32 Å². The molecule has 2 amide bonds. The fourth-order valence-corrected chi connectivity index (χ4v) is 3.03. The van der Waals surface area contributed by atoms with Crippen LogP contribution >= 0.6 is 11.6 Å². The monoisotopic (exact) mass is 277 g/mol. The first-order valence-corrected chi connectivity index (χ1v) is 6.73. The predicted molar refractivity (Wildman–Crippen MR) is 69.7 cm³/mol. The molecule has 5 nitrogen and oxygen atoms in total. The molecule has 0 spiro atoms. The largest absolute Gasteiger partial charge is 0.514 e. The number of halogens is 1. The molecule has 1 aliphatic rings. The number of amides is 2. The zero-order valence-corrected chi connectivity index (χ0v) is 12.0. The van der Waals surface area contributed by atoms with E-state index in [1.807, 2.05) is 20.8 Å². The smallest absolute Gasteiger partial charge is 0.435 e. The molecule has 0 aromatic rings. The normalized spacial score (nSPS) is 28.1. The maximum atomic E-state index is 11.7.